The van der Waals surface area contributed by atoms with Crippen LogP contribution in [0.1, 0.15) is 0 Å². The second-order valence-corrected chi connectivity index (χ2v) is 3.32. The summed E-state index contributed by atoms with van der Waals surface area (Å²) in [4.78, 5) is 22.1. The predicted molar refractivity (Wildman–Crippen MR) is 59.7 cm³/mol. The van der Waals surface area contributed by atoms with Gasteiger partial charge in [0.25, 0.3) is 5.91 Å². The maximum Gasteiger partial charge on any atom is 0.321 e. The molecule has 0 bridgehead atoms. The number of carbonyl (C=O) groups is 2. The number of hydrogen-bond acceptors (Lipinski definition) is 3. The van der Waals surface area contributed by atoms with Crippen LogP contribution in [-0.2, 0) is 4.79 Å². The van der Waals surface area contributed by atoms with Crippen molar-refractivity contribution in [1.82, 2.24) is 10.6 Å². The minimum atomic E-state index is -0.457. The summed E-state index contributed by atoms with van der Waals surface area (Å²) in [6, 6.07) is 9.01. The van der Waals surface area contributed by atoms with E-state index in [4.69, 9.17) is 0 Å². The first-order valence-electron chi connectivity index (χ1n) is 4.85. The Balaban J connectivity index is 2.03. The van der Waals surface area contributed by atoms with E-state index < -0.39 is 6.03 Å². The van der Waals surface area contributed by atoms with Gasteiger partial charge in [-0.15, -0.1) is 0 Å². The Morgan fingerprint density at radius 3 is 2.62 bits per heavy atom. The summed E-state index contributed by atoms with van der Waals surface area (Å²) in [5.74, 6) is -0.368. The molecule has 2 rings (SSSR count). The molecule has 5 nitrogen and oxygen atoms in total. The normalized spacial score (nSPS) is 17.9. The number of nitrogens with one attached hydrogen (secondary N) is 3. The van der Waals surface area contributed by atoms with Crippen molar-refractivity contribution in [3.8, 4) is 0 Å². The van der Waals surface area contributed by atoms with Gasteiger partial charge in [-0.2, -0.15) is 0 Å². The van der Waals surface area contributed by atoms with Crippen LogP contribution in [0.5, 0.6) is 0 Å². The molecule has 1 aliphatic rings. The van der Waals surface area contributed by atoms with Crippen LogP contribution in [0, 0.1) is 0 Å². The second-order valence-electron chi connectivity index (χ2n) is 3.32. The maximum absolute atomic E-state index is 11.3. The predicted octanol–water partition coefficient (Wildman–Crippen LogP) is 0.822. The highest BCUT2D eigenvalue weighted by Crippen LogP contribution is 2.06. The van der Waals surface area contributed by atoms with E-state index in [1.807, 2.05) is 30.3 Å². The first kappa shape index (κ1) is 10.2. The molecule has 3 amide bonds. The Bertz CT molecular complexity index is 440. The van der Waals surface area contributed by atoms with Crippen LogP contribution in [0.25, 0.3) is 0 Å². The van der Waals surface area contributed by atoms with Crippen LogP contribution in [0.4, 0.5) is 10.5 Å². The number of hydrogen-bond donors (Lipinski definition) is 3. The molecule has 0 unspecified atom stereocenters. The van der Waals surface area contributed by atoms with E-state index in [0.29, 0.717) is 5.57 Å². The first-order valence-corrected chi connectivity index (χ1v) is 4.85. The SMILES string of the molecule is O=C1NC/C(=C/Nc2ccccc2)C(=O)N1. The molecule has 1 aromatic carbocycles. The average molecular weight is 217 g/mol. The molecule has 1 aromatic rings. The molecule has 0 aromatic heterocycles. The van der Waals surface area contributed by atoms with Crippen LogP contribution in [-0.4, -0.2) is 18.5 Å². The molecule has 0 saturated carbocycles. The van der Waals surface area contributed by atoms with E-state index in [9.17, 15) is 9.59 Å². The van der Waals surface area contributed by atoms with Gasteiger partial charge >= 0.3 is 6.03 Å². The molecule has 1 saturated heterocycles. The van der Waals surface area contributed by atoms with Crippen LogP contribution >= 0.6 is 0 Å². The standard InChI is InChI=1S/C11H11N3O2/c15-10-8(7-13-11(16)14-10)6-12-9-4-2-1-3-5-9/h1-6,12H,7H2,(H2,13,14,15,16)/b8-6-. The van der Waals surface area contributed by atoms with E-state index in [1.54, 1.807) is 6.20 Å². The van der Waals surface area contributed by atoms with E-state index in [0.717, 1.165) is 5.69 Å². The zero-order chi connectivity index (χ0) is 11.4. The van der Waals surface area contributed by atoms with Gasteiger partial charge in [0.1, 0.15) is 0 Å². The second kappa shape index (κ2) is 4.48. The number of anilines is 1. The Kier molecular flexibility index (Phi) is 2.86. The first-order chi connectivity index (χ1) is 7.75. The van der Waals surface area contributed by atoms with Gasteiger partial charge in [0, 0.05) is 11.9 Å². The number of para-hydroxylation sites is 1. The Hall–Kier alpha value is -2.30. The number of imide groups is 1. The summed E-state index contributed by atoms with van der Waals surface area (Å²) in [6.07, 6.45) is 1.59. The van der Waals surface area contributed by atoms with Crippen molar-refractivity contribution in [2.24, 2.45) is 0 Å². The molecule has 3 N–H and O–H groups in total. The van der Waals surface area contributed by atoms with Gasteiger partial charge in [-0.3, -0.25) is 10.1 Å². The molecule has 0 spiro atoms. The van der Waals surface area contributed by atoms with Crippen molar-refractivity contribution in [1.29, 1.82) is 0 Å². The lowest BCUT2D eigenvalue weighted by molar-refractivity contribution is -0.116. The fourth-order valence-corrected chi connectivity index (χ4v) is 1.30. The molecule has 0 atom stereocenters. The van der Waals surface area contributed by atoms with Crippen molar-refractivity contribution in [3.63, 3.8) is 0 Å². The highest BCUT2D eigenvalue weighted by atomic mass is 16.2. The van der Waals surface area contributed by atoms with Crippen LogP contribution < -0.4 is 16.0 Å². The number of carbonyl (C=O) groups excluding carboxylic acids is 2. The zero-order valence-electron chi connectivity index (χ0n) is 8.49. The van der Waals surface area contributed by atoms with Crippen molar-refractivity contribution in [3.05, 3.63) is 42.1 Å². The summed E-state index contributed by atoms with van der Waals surface area (Å²) in [6.45, 7) is 0.241. The molecule has 1 heterocycles. The summed E-state index contributed by atoms with van der Waals surface area (Å²) in [7, 11) is 0. The molecular weight excluding hydrogens is 206 g/mol. The summed E-state index contributed by atoms with van der Waals surface area (Å²) < 4.78 is 0. The molecular formula is C11H11N3O2. The van der Waals surface area contributed by atoms with Gasteiger partial charge in [-0.05, 0) is 12.1 Å². The lowest BCUT2D eigenvalue weighted by Gasteiger charge is -2.15. The summed E-state index contributed by atoms with van der Waals surface area (Å²) in [5, 5.41) is 7.67. The molecule has 0 radical (unpaired) electrons. The van der Waals surface area contributed by atoms with E-state index in [-0.39, 0.29) is 12.5 Å². The van der Waals surface area contributed by atoms with Crippen molar-refractivity contribution < 1.29 is 9.59 Å². The minimum absolute atomic E-state index is 0.241. The molecule has 82 valence electrons. The molecule has 1 fully saturated rings. The summed E-state index contributed by atoms with van der Waals surface area (Å²) >= 11 is 0. The Labute approximate surface area is 92.5 Å². The third kappa shape index (κ3) is 2.38. The fraction of sp³-hybridized carbons (Fsp3) is 0.0909. The molecule has 1 aliphatic heterocycles. The Morgan fingerprint density at radius 1 is 1.19 bits per heavy atom. The van der Waals surface area contributed by atoms with E-state index >= 15 is 0 Å². The quantitative estimate of drug-likeness (QED) is 0.642. The Morgan fingerprint density at radius 2 is 1.94 bits per heavy atom. The van der Waals surface area contributed by atoms with Crippen molar-refractivity contribution >= 4 is 17.6 Å². The highest BCUT2D eigenvalue weighted by molar-refractivity contribution is 6.06. The van der Waals surface area contributed by atoms with Crippen LogP contribution in [0.3, 0.4) is 0 Å². The summed E-state index contributed by atoms with van der Waals surface area (Å²) in [5.41, 5.74) is 1.38. The third-order valence-electron chi connectivity index (χ3n) is 2.14. The highest BCUT2D eigenvalue weighted by Gasteiger charge is 2.18. The van der Waals surface area contributed by atoms with Crippen molar-refractivity contribution in [2.75, 3.05) is 11.9 Å². The number of rotatable bonds is 2. The van der Waals surface area contributed by atoms with Gasteiger partial charge in [-0.25, -0.2) is 4.79 Å². The lowest BCUT2D eigenvalue weighted by Crippen LogP contribution is -2.48. The number of benzene rings is 1. The maximum atomic E-state index is 11.3. The monoisotopic (exact) mass is 217 g/mol. The molecule has 16 heavy (non-hydrogen) atoms. The topological polar surface area (TPSA) is 70.2 Å². The van der Waals surface area contributed by atoms with Crippen LogP contribution in [0.2, 0.25) is 0 Å². The third-order valence-corrected chi connectivity index (χ3v) is 2.14. The number of amides is 3. The smallest absolute Gasteiger partial charge is 0.321 e. The van der Waals surface area contributed by atoms with Crippen molar-refractivity contribution in [2.45, 2.75) is 0 Å². The molecule has 0 aliphatic carbocycles. The van der Waals surface area contributed by atoms with Gasteiger partial charge in [0.05, 0.1) is 12.1 Å². The zero-order valence-corrected chi connectivity index (χ0v) is 8.49. The van der Waals surface area contributed by atoms with Gasteiger partial charge < -0.3 is 10.6 Å². The number of urea groups is 1. The average Bonchev–Trinajstić information content (AvgIpc) is 2.29. The minimum Gasteiger partial charge on any atom is -0.361 e. The molecule has 5 heteroatoms. The largest absolute Gasteiger partial charge is 0.361 e. The van der Waals surface area contributed by atoms with E-state index in [2.05, 4.69) is 16.0 Å². The fourth-order valence-electron chi connectivity index (χ4n) is 1.30. The van der Waals surface area contributed by atoms with Crippen LogP contribution in [0.15, 0.2) is 42.1 Å². The van der Waals surface area contributed by atoms with Gasteiger partial charge in [0.2, 0.25) is 0 Å². The lowest BCUT2D eigenvalue weighted by atomic mass is 10.2. The van der Waals surface area contributed by atoms with Gasteiger partial charge in [-0.1, -0.05) is 18.2 Å². The van der Waals surface area contributed by atoms with E-state index in [1.165, 1.54) is 0 Å². The van der Waals surface area contributed by atoms with Gasteiger partial charge in [0.15, 0.2) is 0 Å².